The third-order valence-electron chi connectivity index (χ3n) is 2.61. The summed E-state index contributed by atoms with van der Waals surface area (Å²) in [6, 6.07) is 7.44. The summed E-state index contributed by atoms with van der Waals surface area (Å²) >= 11 is 0. The fraction of sp³-hybridized carbons (Fsp3) is 0.538. The van der Waals surface area contributed by atoms with Crippen molar-refractivity contribution in [2.75, 3.05) is 31.1 Å². The summed E-state index contributed by atoms with van der Waals surface area (Å²) in [4.78, 5) is 1.49. The van der Waals surface area contributed by atoms with Crippen molar-refractivity contribution >= 4 is 5.69 Å². The number of nitrogens with zero attached hydrogens (tertiary/aromatic N) is 1. The van der Waals surface area contributed by atoms with E-state index in [1.807, 2.05) is 31.2 Å². The molecule has 0 aromatic heterocycles. The van der Waals surface area contributed by atoms with Crippen molar-refractivity contribution in [3.8, 4) is 0 Å². The van der Waals surface area contributed by atoms with Gasteiger partial charge in [0.1, 0.15) is 0 Å². The zero-order valence-corrected chi connectivity index (χ0v) is 10.6. The number of aliphatic hydroxyl groups is 1. The molecule has 0 saturated carbocycles. The summed E-state index contributed by atoms with van der Waals surface area (Å²) in [6.45, 7) is 3.42. The molecule has 0 radical (unpaired) electrons. The van der Waals surface area contributed by atoms with Gasteiger partial charge in [-0.25, -0.2) is 8.78 Å². The third kappa shape index (κ3) is 4.98. The Labute approximate surface area is 106 Å². The maximum Gasteiger partial charge on any atom is 0.255 e. The van der Waals surface area contributed by atoms with Crippen LogP contribution in [0.15, 0.2) is 24.3 Å². The summed E-state index contributed by atoms with van der Waals surface area (Å²) in [7, 11) is 0. The van der Waals surface area contributed by atoms with Gasteiger partial charge in [-0.05, 0) is 24.2 Å². The lowest BCUT2D eigenvalue weighted by Gasteiger charge is -2.23. The van der Waals surface area contributed by atoms with Gasteiger partial charge < -0.3 is 15.3 Å². The fourth-order valence-electron chi connectivity index (χ4n) is 1.71. The molecule has 18 heavy (non-hydrogen) atoms. The minimum atomic E-state index is -2.40. The first-order chi connectivity index (χ1) is 8.67. The largest absolute Gasteiger partial charge is 0.395 e. The molecule has 1 aromatic carbocycles. The van der Waals surface area contributed by atoms with Crippen molar-refractivity contribution in [1.82, 2.24) is 5.32 Å². The molecule has 0 aliphatic rings. The average Bonchev–Trinajstić information content (AvgIpc) is 2.36. The van der Waals surface area contributed by atoms with Gasteiger partial charge in [0.25, 0.3) is 6.43 Å². The predicted molar refractivity (Wildman–Crippen MR) is 69.1 cm³/mol. The third-order valence-corrected chi connectivity index (χ3v) is 2.61. The molecular weight excluding hydrogens is 238 g/mol. The second-order valence-electron chi connectivity index (χ2n) is 4.01. The highest BCUT2D eigenvalue weighted by Crippen LogP contribution is 2.16. The van der Waals surface area contributed by atoms with Crippen LogP contribution in [0.2, 0.25) is 0 Å². The number of alkyl halides is 2. The van der Waals surface area contributed by atoms with Gasteiger partial charge in [0, 0.05) is 18.8 Å². The Hall–Kier alpha value is -1.20. The smallest absolute Gasteiger partial charge is 0.255 e. The normalized spacial score (nSPS) is 10.9. The van der Waals surface area contributed by atoms with Crippen molar-refractivity contribution in [2.24, 2.45) is 0 Å². The standard InChI is InChI=1S/C13H20F2N2O/c1-2-16-9-11-3-5-12(6-4-11)17(7-8-18)10-13(14)15/h3-6,13,16,18H,2,7-10H2,1H3. The van der Waals surface area contributed by atoms with Crippen LogP contribution >= 0.6 is 0 Å². The van der Waals surface area contributed by atoms with E-state index in [1.165, 1.54) is 4.90 Å². The Morgan fingerprint density at radius 2 is 1.94 bits per heavy atom. The predicted octanol–water partition coefficient (Wildman–Crippen LogP) is 1.86. The maximum absolute atomic E-state index is 12.4. The number of nitrogens with one attached hydrogen (secondary N) is 1. The first-order valence-electron chi connectivity index (χ1n) is 6.11. The van der Waals surface area contributed by atoms with Crippen LogP contribution in [-0.4, -0.2) is 37.8 Å². The molecule has 102 valence electrons. The van der Waals surface area contributed by atoms with E-state index < -0.39 is 6.43 Å². The maximum atomic E-state index is 12.4. The van der Waals surface area contributed by atoms with Gasteiger partial charge in [-0.15, -0.1) is 0 Å². The Morgan fingerprint density at radius 3 is 2.44 bits per heavy atom. The molecule has 0 unspecified atom stereocenters. The van der Waals surface area contributed by atoms with Crippen molar-refractivity contribution in [1.29, 1.82) is 0 Å². The number of halogens is 2. The first kappa shape index (κ1) is 14.9. The van der Waals surface area contributed by atoms with Crippen LogP contribution in [0.4, 0.5) is 14.5 Å². The van der Waals surface area contributed by atoms with Gasteiger partial charge in [-0.2, -0.15) is 0 Å². The Morgan fingerprint density at radius 1 is 1.28 bits per heavy atom. The monoisotopic (exact) mass is 258 g/mol. The molecule has 2 N–H and O–H groups in total. The van der Waals surface area contributed by atoms with Gasteiger partial charge in [-0.3, -0.25) is 0 Å². The molecule has 0 saturated heterocycles. The minimum absolute atomic E-state index is 0.133. The van der Waals surface area contributed by atoms with Crippen LogP contribution in [0.25, 0.3) is 0 Å². The number of hydrogen-bond acceptors (Lipinski definition) is 3. The van der Waals surface area contributed by atoms with Gasteiger partial charge >= 0.3 is 0 Å². The highest BCUT2D eigenvalue weighted by Gasteiger charge is 2.12. The van der Waals surface area contributed by atoms with Gasteiger partial charge in [-0.1, -0.05) is 19.1 Å². The molecule has 0 amide bonds. The summed E-state index contributed by atoms with van der Waals surface area (Å²) in [6.07, 6.45) is -2.40. The van der Waals surface area contributed by atoms with Crippen molar-refractivity contribution in [3.05, 3.63) is 29.8 Å². The van der Waals surface area contributed by atoms with Crippen LogP contribution in [-0.2, 0) is 6.54 Å². The number of hydrogen-bond donors (Lipinski definition) is 2. The molecule has 0 bridgehead atoms. The lowest BCUT2D eigenvalue weighted by atomic mass is 10.2. The summed E-state index contributed by atoms with van der Waals surface area (Å²) in [5.74, 6) is 0. The lowest BCUT2D eigenvalue weighted by molar-refractivity contribution is 0.153. The van der Waals surface area contributed by atoms with E-state index in [-0.39, 0.29) is 19.7 Å². The number of aliphatic hydroxyl groups excluding tert-OH is 1. The topological polar surface area (TPSA) is 35.5 Å². The van der Waals surface area contributed by atoms with Crippen LogP contribution in [0.3, 0.4) is 0 Å². The second-order valence-corrected chi connectivity index (χ2v) is 4.01. The number of rotatable bonds is 8. The van der Waals surface area contributed by atoms with E-state index in [9.17, 15) is 8.78 Å². The van der Waals surface area contributed by atoms with Gasteiger partial charge in [0.05, 0.1) is 13.2 Å². The number of anilines is 1. The van der Waals surface area contributed by atoms with Crippen molar-refractivity contribution in [2.45, 2.75) is 19.9 Å². The second kappa shape index (κ2) is 8.00. The van der Waals surface area contributed by atoms with E-state index in [0.29, 0.717) is 5.69 Å². The van der Waals surface area contributed by atoms with E-state index in [1.54, 1.807) is 0 Å². The van der Waals surface area contributed by atoms with E-state index in [0.717, 1.165) is 18.7 Å². The molecule has 3 nitrogen and oxygen atoms in total. The number of benzene rings is 1. The molecule has 0 atom stereocenters. The van der Waals surface area contributed by atoms with E-state index in [2.05, 4.69) is 5.32 Å². The van der Waals surface area contributed by atoms with E-state index in [4.69, 9.17) is 5.11 Å². The quantitative estimate of drug-likeness (QED) is 0.747. The fourth-order valence-corrected chi connectivity index (χ4v) is 1.71. The van der Waals surface area contributed by atoms with Crippen molar-refractivity contribution < 1.29 is 13.9 Å². The molecule has 1 aromatic rings. The van der Waals surface area contributed by atoms with E-state index >= 15 is 0 Å². The molecular formula is C13H20F2N2O. The zero-order valence-electron chi connectivity index (χ0n) is 10.6. The molecule has 5 heteroatoms. The average molecular weight is 258 g/mol. The van der Waals surface area contributed by atoms with Gasteiger partial charge in [0.2, 0.25) is 0 Å². The molecule has 0 aliphatic carbocycles. The molecule has 0 heterocycles. The minimum Gasteiger partial charge on any atom is -0.395 e. The van der Waals surface area contributed by atoms with Crippen LogP contribution < -0.4 is 10.2 Å². The lowest BCUT2D eigenvalue weighted by Crippen LogP contribution is -2.31. The Balaban J connectivity index is 2.67. The Kier molecular flexibility index (Phi) is 6.60. The first-order valence-corrected chi connectivity index (χ1v) is 6.11. The summed E-state index contributed by atoms with van der Waals surface area (Å²) in [5.41, 5.74) is 1.83. The van der Waals surface area contributed by atoms with Crippen LogP contribution in [0.5, 0.6) is 0 Å². The summed E-state index contributed by atoms with van der Waals surface area (Å²) in [5, 5.41) is 12.1. The molecule has 0 spiro atoms. The highest BCUT2D eigenvalue weighted by molar-refractivity contribution is 5.47. The Bertz CT molecular complexity index is 330. The van der Waals surface area contributed by atoms with Gasteiger partial charge in [0.15, 0.2) is 0 Å². The van der Waals surface area contributed by atoms with Crippen LogP contribution in [0.1, 0.15) is 12.5 Å². The SMILES string of the molecule is CCNCc1ccc(N(CCO)CC(F)F)cc1. The van der Waals surface area contributed by atoms with Crippen LogP contribution in [0, 0.1) is 0 Å². The molecule has 0 fully saturated rings. The summed E-state index contributed by atoms with van der Waals surface area (Å²) < 4.78 is 24.8. The van der Waals surface area contributed by atoms with Crippen molar-refractivity contribution in [3.63, 3.8) is 0 Å². The highest BCUT2D eigenvalue weighted by atomic mass is 19.3. The molecule has 0 aliphatic heterocycles. The molecule has 1 rings (SSSR count). The zero-order chi connectivity index (χ0) is 13.4.